The van der Waals surface area contributed by atoms with E-state index >= 15 is 0 Å². The van der Waals surface area contributed by atoms with Gasteiger partial charge in [0.05, 0.1) is 18.1 Å². The van der Waals surface area contributed by atoms with Gasteiger partial charge < -0.3 is 4.74 Å². The fraction of sp³-hybridized carbons (Fsp3) is 0.333. The maximum absolute atomic E-state index is 12.1. The Labute approximate surface area is 111 Å². The van der Waals surface area contributed by atoms with Crippen molar-refractivity contribution in [3.05, 3.63) is 42.5 Å². The lowest BCUT2D eigenvalue weighted by Crippen LogP contribution is -2.20. The highest BCUT2D eigenvalue weighted by molar-refractivity contribution is 9.11. The largest absolute Gasteiger partial charge is 0.375 e. The van der Waals surface area contributed by atoms with E-state index in [4.69, 9.17) is 4.74 Å². The van der Waals surface area contributed by atoms with E-state index in [1.54, 1.807) is 30.3 Å². The molecule has 3 nitrogen and oxygen atoms in total. The molecule has 0 aromatic heterocycles. The molecule has 5 heteroatoms. The molecule has 0 saturated carbocycles. The summed E-state index contributed by atoms with van der Waals surface area (Å²) in [7, 11) is -3.38. The van der Waals surface area contributed by atoms with Crippen molar-refractivity contribution in [3.63, 3.8) is 0 Å². The standard InChI is InChI=1S/C12H15BrO3S/c1-3-8-16-9-12(13)17(14,15)11-6-4-10(2)5-7-11/h3-7,12H,1,8-9H2,2H3. The summed E-state index contributed by atoms with van der Waals surface area (Å²) in [4.78, 5) is 0.298. The Bertz CT molecular complexity index is 465. The highest BCUT2D eigenvalue weighted by atomic mass is 79.9. The first-order valence-corrected chi connectivity index (χ1v) is 7.58. The predicted octanol–water partition coefficient (Wildman–Crippen LogP) is 2.69. The Balaban J connectivity index is 2.80. The van der Waals surface area contributed by atoms with Crippen LogP contribution in [0.1, 0.15) is 5.56 Å². The van der Waals surface area contributed by atoms with Crippen molar-refractivity contribution >= 4 is 25.8 Å². The van der Waals surface area contributed by atoms with Crippen LogP contribution in [-0.4, -0.2) is 25.8 Å². The van der Waals surface area contributed by atoms with Gasteiger partial charge in [-0.1, -0.05) is 39.7 Å². The Morgan fingerprint density at radius 3 is 2.53 bits per heavy atom. The number of benzene rings is 1. The van der Waals surface area contributed by atoms with Gasteiger partial charge in [-0.3, -0.25) is 0 Å². The van der Waals surface area contributed by atoms with Crippen LogP contribution in [0.2, 0.25) is 0 Å². The number of hydrogen-bond acceptors (Lipinski definition) is 3. The highest BCUT2D eigenvalue weighted by Gasteiger charge is 2.24. The molecular formula is C12H15BrO3S. The van der Waals surface area contributed by atoms with Crippen molar-refractivity contribution in [1.82, 2.24) is 0 Å². The van der Waals surface area contributed by atoms with E-state index in [1.807, 2.05) is 6.92 Å². The Hall–Kier alpha value is -0.650. The molecule has 0 heterocycles. The molecule has 0 aliphatic heterocycles. The van der Waals surface area contributed by atoms with Gasteiger partial charge in [0.1, 0.15) is 4.16 Å². The van der Waals surface area contributed by atoms with Crippen LogP contribution >= 0.6 is 15.9 Å². The summed E-state index contributed by atoms with van der Waals surface area (Å²) in [6.45, 7) is 5.85. The molecule has 1 unspecified atom stereocenters. The first kappa shape index (κ1) is 14.4. The van der Waals surface area contributed by atoms with E-state index < -0.39 is 14.0 Å². The number of halogens is 1. The van der Waals surface area contributed by atoms with Crippen molar-refractivity contribution in [2.24, 2.45) is 0 Å². The molecule has 1 rings (SSSR count). The van der Waals surface area contributed by atoms with Crippen LogP contribution in [-0.2, 0) is 14.6 Å². The smallest absolute Gasteiger partial charge is 0.193 e. The average Bonchev–Trinajstić information content (AvgIpc) is 2.29. The highest BCUT2D eigenvalue weighted by Crippen LogP contribution is 2.20. The van der Waals surface area contributed by atoms with E-state index in [9.17, 15) is 8.42 Å². The van der Waals surface area contributed by atoms with Gasteiger partial charge in [-0.25, -0.2) is 8.42 Å². The second kappa shape index (κ2) is 6.33. The third-order valence-corrected chi connectivity index (χ3v) is 5.65. The first-order chi connectivity index (χ1) is 7.98. The van der Waals surface area contributed by atoms with Gasteiger partial charge >= 0.3 is 0 Å². The number of ether oxygens (including phenoxy) is 1. The molecule has 0 aliphatic rings. The number of alkyl halides is 1. The zero-order valence-corrected chi connectivity index (χ0v) is 12.0. The maximum Gasteiger partial charge on any atom is 0.193 e. The number of aryl methyl sites for hydroxylation is 1. The van der Waals surface area contributed by atoms with Crippen molar-refractivity contribution in [3.8, 4) is 0 Å². The van der Waals surface area contributed by atoms with Gasteiger partial charge in [0.25, 0.3) is 0 Å². The van der Waals surface area contributed by atoms with Crippen LogP contribution in [0.5, 0.6) is 0 Å². The van der Waals surface area contributed by atoms with E-state index in [-0.39, 0.29) is 6.61 Å². The number of rotatable bonds is 6. The molecule has 1 aromatic rings. The van der Waals surface area contributed by atoms with E-state index in [2.05, 4.69) is 22.5 Å². The lowest BCUT2D eigenvalue weighted by Gasteiger charge is -2.11. The zero-order valence-electron chi connectivity index (χ0n) is 9.60. The summed E-state index contributed by atoms with van der Waals surface area (Å²) < 4.78 is 28.6. The number of hydrogen-bond donors (Lipinski definition) is 0. The fourth-order valence-corrected chi connectivity index (χ4v) is 3.13. The third kappa shape index (κ3) is 3.94. The molecule has 1 aromatic carbocycles. The van der Waals surface area contributed by atoms with Crippen LogP contribution in [0.3, 0.4) is 0 Å². The summed E-state index contributed by atoms with van der Waals surface area (Å²) in [6.07, 6.45) is 1.58. The molecule has 94 valence electrons. The van der Waals surface area contributed by atoms with Gasteiger partial charge in [0, 0.05) is 0 Å². The van der Waals surface area contributed by atoms with Crippen molar-refractivity contribution < 1.29 is 13.2 Å². The van der Waals surface area contributed by atoms with E-state index in [0.29, 0.717) is 11.5 Å². The van der Waals surface area contributed by atoms with Gasteiger partial charge in [0.15, 0.2) is 9.84 Å². The quantitative estimate of drug-likeness (QED) is 0.460. The minimum atomic E-state index is -3.38. The minimum Gasteiger partial charge on any atom is -0.375 e. The first-order valence-electron chi connectivity index (χ1n) is 5.11. The summed E-state index contributed by atoms with van der Waals surface area (Å²) in [6, 6.07) is 6.76. The Morgan fingerprint density at radius 2 is 2.00 bits per heavy atom. The summed E-state index contributed by atoms with van der Waals surface area (Å²) in [5, 5.41) is 0. The normalized spacial score (nSPS) is 13.3. The van der Waals surface area contributed by atoms with Crippen LogP contribution in [0.4, 0.5) is 0 Å². The predicted molar refractivity (Wildman–Crippen MR) is 72.1 cm³/mol. The van der Waals surface area contributed by atoms with Gasteiger partial charge in [-0.15, -0.1) is 6.58 Å². The molecular weight excluding hydrogens is 304 g/mol. The second-order valence-corrected chi connectivity index (χ2v) is 7.44. The molecule has 0 fully saturated rings. The summed E-state index contributed by atoms with van der Waals surface area (Å²) in [5.41, 5.74) is 1.03. The Morgan fingerprint density at radius 1 is 1.41 bits per heavy atom. The zero-order chi connectivity index (χ0) is 12.9. The molecule has 0 amide bonds. The van der Waals surface area contributed by atoms with Crippen LogP contribution in [0, 0.1) is 6.92 Å². The summed E-state index contributed by atoms with van der Waals surface area (Å²) in [5.74, 6) is 0. The van der Waals surface area contributed by atoms with E-state index in [1.165, 1.54) is 0 Å². The van der Waals surface area contributed by atoms with Crippen LogP contribution in [0.15, 0.2) is 41.8 Å². The van der Waals surface area contributed by atoms with Gasteiger partial charge in [-0.2, -0.15) is 0 Å². The van der Waals surface area contributed by atoms with Gasteiger partial charge in [0.2, 0.25) is 0 Å². The topological polar surface area (TPSA) is 43.4 Å². The molecule has 0 radical (unpaired) electrons. The molecule has 0 N–H and O–H groups in total. The van der Waals surface area contributed by atoms with Crippen molar-refractivity contribution in [1.29, 1.82) is 0 Å². The summed E-state index contributed by atoms with van der Waals surface area (Å²) >= 11 is 3.14. The maximum atomic E-state index is 12.1. The van der Waals surface area contributed by atoms with Crippen molar-refractivity contribution in [2.45, 2.75) is 16.0 Å². The van der Waals surface area contributed by atoms with Crippen LogP contribution in [0.25, 0.3) is 0 Å². The van der Waals surface area contributed by atoms with E-state index in [0.717, 1.165) is 5.56 Å². The SMILES string of the molecule is C=CCOCC(Br)S(=O)(=O)c1ccc(C)cc1. The molecule has 0 spiro atoms. The molecule has 0 saturated heterocycles. The van der Waals surface area contributed by atoms with Crippen LogP contribution < -0.4 is 0 Å². The third-order valence-electron chi connectivity index (χ3n) is 2.17. The molecule has 17 heavy (non-hydrogen) atoms. The monoisotopic (exact) mass is 318 g/mol. The molecule has 1 atom stereocenters. The van der Waals surface area contributed by atoms with Gasteiger partial charge in [-0.05, 0) is 19.1 Å². The number of sulfone groups is 1. The van der Waals surface area contributed by atoms with Crippen molar-refractivity contribution in [2.75, 3.05) is 13.2 Å². The lowest BCUT2D eigenvalue weighted by molar-refractivity contribution is 0.175. The Kier molecular flexibility index (Phi) is 5.36. The second-order valence-electron chi connectivity index (χ2n) is 3.59. The minimum absolute atomic E-state index is 0.0994. The molecule has 0 bridgehead atoms. The molecule has 0 aliphatic carbocycles. The average molecular weight is 319 g/mol. The lowest BCUT2D eigenvalue weighted by atomic mass is 10.2. The fourth-order valence-electron chi connectivity index (χ4n) is 1.21.